The van der Waals surface area contributed by atoms with Crippen LogP contribution < -0.4 is 0 Å². The predicted octanol–water partition coefficient (Wildman–Crippen LogP) is 3.05. The zero-order valence-electron chi connectivity index (χ0n) is 12.7. The number of aryl methyl sites for hydroxylation is 1. The van der Waals surface area contributed by atoms with Gasteiger partial charge < -0.3 is 5.11 Å². The largest absolute Gasteiger partial charge is 0.380 e. The van der Waals surface area contributed by atoms with Gasteiger partial charge >= 0.3 is 0 Å². The number of hydrogen-bond acceptors (Lipinski definition) is 3. The molecule has 0 fully saturated rings. The molecule has 0 amide bonds. The highest BCUT2D eigenvalue weighted by molar-refractivity contribution is 14.1. The zero-order valence-corrected chi connectivity index (χ0v) is 14.8. The minimum Gasteiger partial charge on any atom is -0.380 e. The van der Waals surface area contributed by atoms with Crippen molar-refractivity contribution in [3.8, 4) is 0 Å². The van der Waals surface area contributed by atoms with Gasteiger partial charge in [0.25, 0.3) is 0 Å². The molecule has 120 valence electrons. The first kappa shape index (κ1) is 17.6. The summed E-state index contributed by atoms with van der Waals surface area (Å²) in [7, 11) is 0. The predicted molar refractivity (Wildman–Crippen MR) is 91.7 cm³/mol. The lowest BCUT2D eigenvalue weighted by Gasteiger charge is -2.22. The molecule has 0 spiro atoms. The molecule has 2 rings (SSSR count). The minimum absolute atomic E-state index is 0.0359. The molecule has 0 aliphatic carbocycles. The Morgan fingerprint density at radius 1 is 1.57 bits per heavy atom. The molecule has 0 saturated heterocycles. The lowest BCUT2D eigenvalue weighted by Crippen LogP contribution is -2.41. The fourth-order valence-corrected chi connectivity index (χ4v) is 2.82. The van der Waals surface area contributed by atoms with Crippen LogP contribution in [0.1, 0.15) is 18.1 Å². The molecule has 1 N–H and O–H groups in total. The van der Waals surface area contributed by atoms with E-state index in [1.54, 1.807) is 12.1 Å². The number of Topliss-reactive ketones (excluding diaryl/α,β-unsaturated/α-hetero) is 1. The second-order valence-corrected chi connectivity index (χ2v) is 6.73. The van der Waals surface area contributed by atoms with Gasteiger partial charge in [-0.05, 0) is 53.6 Å². The summed E-state index contributed by atoms with van der Waals surface area (Å²) in [5.41, 5.74) is 0.433. The van der Waals surface area contributed by atoms with Crippen molar-refractivity contribution in [1.82, 2.24) is 9.78 Å². The van der Waals surface area contributed by atoms with E-state index in [1.165, 1.54) is 11.6 Å². The van der Waals surface area contributed by atoms with Crippen LogP contribution in [0.4, 0.5) is 10.1 Å². The van der Waals surface area contributed by atoms with Crippen molar-refractivity contribution in [3.05, 3.63) is 56.5 Å². The number of halogens is 2. The summed E-state index contributed by atoms with van der Waals surface area (Å²) in [4.78, 5) is 15.8. The van der Waals surface area contributed by atoms with Crippen LogP contribution in [0.2, 0.25) is 0 Å². The van der Waals surface area contributed by atoms with Gasteiger partial charge in [-0.15, -0.1) is 0 Å². The number of aromatic nitrogens is 2. The molecule has 23 heavy (non-hydrogen) atoms. The summed E-state index contributed by atoms with van der Waals surface area (Å²) in [6, 6.07) is 3.51. The smallest absolute Gasteiger partial charge is 0.191 e. The normalized spacial score (nSPS) is 13.4. The first-order valence-corrected chi connectivity index (χ1v) is 7.91. The van der Waals surface area contributed by atoms with Crippen molar-refractivity contribution in [3.63, 3.8) is 0 Å². The maximum absolute atomic E-state index is 12.9. The number of carbonyl (C=O) groups is 1. The van der Waals surface area contributed by atoms with E-state index in [0.29, 0.717) is 5.69 Å². The van der Waals surface area contributed by atoms with Crippen molar-refractivity contribution in [2.45, 2.75) is 32.4 Å². The SMILES string of the molecule is [C-]#[N+]c1cc(I)c(CC(=O)[C@@](C)(O)Cn2cc(F)cn2)cc1C. The highest BCUT2D eigenvalue weighted by atomic mass is 127. The average Bonchev–Trinajstić information content (AvgIpc) is 2.86. The Balaban J connectivity index is 2.18. The van der Waals surface area contributed by atoms with Crippen LogP contribution in [-0.2, 0) is 17.8 Å². The average molecular weight is 427 g/mol. The van der Waals surface area contributed by atoms with Gasteiger partial charge in [0.15, 0.2) is 17.3 Å². The monoisotopic (exact) mass is 427 g/mol. The minimum atomic E-state index is -1.66. The number of nitrogens with zero attached hydrogens (tertiary/aromatic N) is 3. The highest BCUT2D eigenvalue weighted by Crippen LogP contribution is 2.26. The van der Waals surface area contributed by atoms with Gasteiger partial charge in [0, 0.05) is 9.99 Å². The van der Waals surface area contributed by atoms with Gasteiger partial charge in [0.1, 0.15) is 5.60 Å². The number of carbonyl (C=O) groups excluding carboxylic acids is 1. The third-order valence-corrected chi connectivity index (χ3v) is 4.51. The molecule has 0 bridgehead atoms. The first-order valence-electron chi connectivity index (χ1n) is 6.83. The quantitative estimate of drug-likeness (QED) is 0.590. The molecule has 0 unspecified atom stereocenters. The Bertz CT molecular complexity index is 793. The van der Waals surface area contributed by atoms with E-state index < -0.39 is 11.4 Å². The molecular formula is C16H15FIN3O2. The number of benzene rings is 1. The van der Waals surface area contributed by atoms with Crippen LogP contribution in [0.5, 0.6) is 0 Å². The molecule has 1 aromatic heterocycles. The molecule has 2 aromatic rings. The zero-order chi connectivity index (χ0) is 17.2. The van der Waals surface area contributed by atoms with Crippen LogP contribution in [0, 0.1) is 22.9 Å². The molecule has 5 nitrogen and oxygen atoms in total. The van der Waals surface area contributed by atoms with Crippen molar-refractivity contribution < 1.29 is 14.3 Å². The van der Waals surface area contributed by atoms with Crippen molar-refractivity contribution in [1.29, 1.82) is 0 Å². The van der Waals surface area contributed by atoms with Gasteiger partial charge in [-0.25, -0.2) is 9.24 Å². The van der Waals surface area contributed by atoms with Crippen molar-refractivity contribution in [2.24, 2.45) is 0 Å². The van der Waals surface area contributed by atoms with Crippen LogP contribution in [-0.4, -0.2) is 26.3 Å². The fraction of sp³-hybridized carbons (Fsp3) is 0.312. The Morgan fingerprint density at radius 3 is 2.83 bits per heavy atom. The molecule has 7 heteroatoms. The Hall–Kier alpha value is -1.79. The van der Waals surface area contributed by atoms with E-state index in [2.05, 4.69) is 32.5 Å². The molecule has 1 heterocycles. The van der Waals surface area contributed by atoms with E-state index in [0.717, 1.165) is 27.1 Å². The number of rotatable bonds is 5. The van der Waals surface area contributed by atoms with Crippen molar-refractivity contribution in [2.75, 3.05) is 0 Å². The van der Waals surface area contributed by atoms with Crippen LogP contribution in [0.25, 0.3) is 4.85 Å². The highest BCUT2D eigenvalue weighted by Gasteiger charge is 2.31. The molecule has 0 aliphatic heterocycles. The first-order chi connectivity index (χ1) is 10.7. The Labute approximate surface area is 147 Å². The molecule has 0 aliphatic rings. The molecule has 0 radical (unpaired) electrons. The third kappa shape index (κ3) is 4.14. The molecule has 1 aromatic carbocycles. The van der Waals surface area contributed by atoms with E-state index in [9.17, 15) is 14.3 Å². The van der Waals surface area contributed by atoms with Crippen LogP contribution in [0.3, 0.4) is 0 Å². The summed E-state index contributed by atoms with van der Waals surface area (Å²) in [5.74, 6) is -0.908. The van der Waals surface area contributed by atoms with Gasteiger partial charge in [-0.2, -0.15) is 5.10 Å². The second kappa shape index (κ2) is 6.76. The fourth-order valence-electron chi connectivity index (χ4n) is 2.18. The summed E-state index contributed by atoms with van der Waals surface area (Å²) < 4.78 is 14.9. The van der Waals surface area contributed by atoms with Crippen LogP contribution in [0.15, 0.2) is 24.5 Å². The van der Waals surface area contributed by atoms with Gasteiger partial charge in [0.05, 0.1) is 25.5 Å². The molecule has 0 saturated carbocycles. The number of aliphatic hydroxyl groups is 1. The standard InChI is InChI=1S/C16H15FIN3O2/c1-10-4-11(13(18)6-14(10)19-3)5-15(22)16(2,23)9-21-8-12(17)7-20-21/h4,6-8,23H,5,9H2,1-2H3/t16-/m0/s1. The summed E-state index contributed by atoms with van der Waals surface area (Å²) in [6.07, 6.45) is 2.18. The molecule has 1 atom stereocenters. The maximum Gasteiger partial charge on any atom is 0.191 e. The van der Waals surface area contributed by atoms with E-state index >= 15 is 0 Å². The summed E-state index contributed by atoms with van der Waals surface area (Å²) >= 11 is 2.07. The van der Waals surface area contributed by atoms with E-state index in [-0.39, 0.29) is 18.7 Å². The lowest BCUT2D eigenvalue weighted by atomic mass is 9.94. The van der Waals surface area contributed by atoms with Crippen molar-refractivity contribution >= 4 is 34.1 Å². The van der Waals surface area contributed by atoms with Gasteiger partial charge in [-0.3, -0.25) is 9.48 Å². The van der Waals surface area contributed by atoms with Gasteiger partial charge in [-0.1, -0.05) is 6.07 Å². The molecular weight excluding hydrogens is 412 g/mol. The second-order valence-electron chi connectivity index (χ2n) is 5.57. The summed E-state index contributed by atoms with van der Waals surface area (Å²) in [5, 5.41) is 14.1. The topological polar surface area (TPSA) is 59.5 Å². The Kier molecular flexibility index (Phi) is 5.16. The lowest BCUT2D eigenvalue weighted by molar-refractivity contribution is -0.136. The summed E-state index contributed by atoms with van der Waals surface area (Å²) in [6.45, 7) is 10.2. The number of hydrogen-bond donors (Lipinski definition) is 1. The third-order valence-electron chi connectivity index (χ3n) is 3.51. The van der Waals surface area contributed by atoms with Crippen LogP contribution >= 0.6 is 22.6 Å². The Morgan fingerprint density at radius 2 is 2.26 bits per heavy atom. The number of ketones is 1. The van der Waals surface area contributed by atoms with E-state index in [1.807, 2.05) is 6.92 Å². The van der Waals surface area contributed by atoms with E-state index in [4.69, 9.17) is 6.57 Å². The van der Waals surface area contributed by atoms with Gasteiger partial charge in [0.2, 0.25) is 0 Å². The maximum atomic E-state index is 12.9.